The molecule has 0 saturated carbocycles. The van der Waals surface area contributed by atoms with Crippen LogP contribution in [0, 0.1) is 5.92 Å². The molecule has 0 saturated heterocycles. The summed E-state index contributed by atoms with van der Waals surface area (Å²) < 4.78 is 16.5. The van der Waals surface area contributed by atoms with Crippen molar-refractivity contribution >= 4 is 0 Å². The van der Waals surface area contributed by atoms with Crippen LogP contribution in [-0.4, -0.2) is 34.0 Å². The molecule has 0 aliphatic rings. The van der Waals surface area contributed by atoms with Crippen LogP contribution in [-0.2, 0) is 4.74 Å². The fourth-order valence-corrected chi connectivity index (χ4v) is 2.49. The predicted molar refractivity (Wildman–Crippen MR) is 81.6 cm³/mol. The van der Waals surface area contributed by atoms with Crippen molar-refractivity contribution in [2.45, 2.75) is 32.9 Å². The summed E-state index contributed by atoms with van der Waals surface area (Å²) in [5.41, 5.74) is 1.09. The number of hydrogen-bond acceptors (Lipinski definition) is 4. The second-order valence-corrected chi connectivity index (χ2v) is 5.09. The first kappa shape index (κ1) is 16.8. The molecule has 114 valence electrons. The highest BCUT2D eigenvalue weighted by molar-refractivity contribution is 5.43. The minimum absolute atomic E-state index is 0.0808. The van der Waals surface area contributed by atoms with Crippen LogP contribution in [0.1, 0.15) is 32.4 Å². The lowest BCUT2D eigenvalue weighted by molar-refractivity contribution is 0.0324. The molecule has 0 fully saturated rings. The molecule has 0 radical (unpaired) electrons. The average Bonchev–Trinajstić information content (AvgIpc) is 2.46. The van der Waals surface area contributed by atoms with Crippen LogP contribution < -0.4 is 14.8 Å². The van der Waals surface area contributed by atoms with Crippen molar-refractivity contribution in [3.05, 3.63) is 23.8 Å². The van der Waals surface area contributed by atoms with Crippen molar-refractivity contribution in [3.8, 4) is 11.5 Å². The van der Waals surface area contributed by atoms with Crippen molar-refractivity contribution in [1.29, 1.82) is 0 Å². The maximum absolute atomic E-state index is 5.69. The first-order chi connectivity index (χ1) is 9.58. The Morgan fingerprint density at radius 2 is 1.80 bits per heavy atom. The standard InChI is InChI=1S/C16H27NO3/c1-7-17-15(16(20-6)11(2)3)13-9-8-12(18-4)10-14(13)19-5/h8-11,15-17H,7H2,1-6H3. The Bertz CT molecular complexity index is 407. The number of nitrogens with one attached hydrogen (secondary N) is 1. The molecule has 0 bridgehead atoms. The van der Waals surface area contributed by atoms with Gasteiger partial charge >= 0.3 is 0 Å². The summed E-state index contributed by atoms with van der Waals surface area (Å²) in [6, 6.07) is 5.99. The van der Waals surface area contributed by atoms with Crippen molar-refractivity contribution in [3.63, 3.8) is 0 Å². The van der Waals surface area contributed by atoms with Gasteiger partial charge in [-0.05, 0) is 24.6 Å². The Morgan fingerprint density at radius 1 is 1.10 bits per heavy atom. The number of methoxy groups -OCH3 is 3. The van der Waals surface area contributed by atoms with Gasteiger partial charge in [0.2, 0.25) is 0 Å². The third-order valence-electron chi connectivity index (χ3n) is 3.46. The topological polar surface area (TPSA) is 39.7 Å². The minimum atomic E-state index is 0.0808. The van der Waals surface area contributed by atoms with Gasteiger partial charge in [-0.2, -0.15) is 0 Å². The lowest BCUT2D eigenvalue weighted by Crippen LogP contribution is -2.36. The third-order valence-corrected chi connectivity index (χ3v) is 3.46. The fraction of sp³-hybridized carbons (Fsp3) is 0.625. The molecule has 0 aliphatic carbocycles. The monoisotopic (exact) mass is 281 g/mol. The van der Waals surface area contributed by atoms with E-state index in [1.165, 1.54) is 0 Å². The van der Waals surface area contributed by atoms with E-state index in [9.17, 15) is 0 Å². The van der Waals surface area contributed by atoms with E-state index in [4.69, 9.17) is 14.2 Å². The van der Waals surface area contributed by atoms with Crippen LogP contribution >= 0.6 is 0 Å². The van der Waals surface area contributed by atoms with Crippen LogP contribution in [0.5, 0.6) is 11.5 Å². The van der Waals surface area contributed by atoms with Crippen LogP contribution in [0.15, 0.2) is 18.2 Å². The molecular weight excluding hydrogens is 254 g/mol. The van der Waals surface area contributed by atoms with Crippen LogP contribution in [0.25, 0.3) is 0 Å². The molecule has 0 amide bonds. The first-order valence-corrected chi connectivity index (χ1v) is 7.07. The van der Waals surface area contributed by atoms with Crippen molar-refractivity contribution < 1.29 is 14.2 Å². The summed E-state index contributed by atoms with van der Waals surface area (Å²) in [6.07, 6.45) is 0.0808. The average molecular weight is 281 g/mol. The van der Waals surface area contributed by atoms with Gasteiger partial charge in [0.1, 0.15) is 11.5 Å². The van der Waals surface area contributed by atoms with E-state index in [2.05, 4.69) is 26.1 Å². The molecule has 0 aromatic heterocycles. The lowest BCUT2D eigenvalue weighted by atomic mass is 9.92. The van der Waals surface area contributed by atoms with Gasteiger partial charge in [-0.25, -0.2) is 0 Å². The highest BCUT2D eigenvalue weighted by Gasteiger charge is 2.27. The zero-order valence-electron chi connectivity index (χ0n) is 13.4. The molecule has 1 N–H and O–H groups in total. The number of benzene rings is 1. The maximum Gasteiger partial charge on any atom is 0.127 e. The van der Waals surface area contributed by atoms with Crippen LogP contribution in [0.3, 0.4) is 0 Å². The van der Waals surface area contributed by atoms with Crippen molar-refractivity contribution in [2.75, 3.05) is 27.9 Å². The van der Waals surface area contributed by atoms with Crippen LogP contribution in [0.2, 0.25) is 0 Å². The van der Waals surface area contributed by atoms with E-state index < -0.39 is 0 Å². The number of likely N-dealkylation sites (N-methyl/N-ethyl adjacent to an activating group) is 1. The van der Waals surface area contributed by atoms with E-state index in [0.717, 1.165) is 23.6 Å². The highest BCUT2D eigenvalue weighted by atomic mass is 16.5. The summed E-state index contributed by atoms with van der Waals surface area (Å²) in [5, 5.41) is 3.50. The Hall–Kier alpha value is -1.26. The highest BCUT2D eigenvalue weighted by Crippen LogP contribution is 2.33. The second kappa shape index (κ2) is 8.12. The molecule has 1 rings (SSSR count). The molecule has 1 aromatic rings. The van der Waals surface area contributed by atoms with Crippen LogP contribution in [0.4, 0.5) is 0 Å². The fourth-order valence-electron chi connectivity index (χ4n) is 2.49. The molecule has 1 aromatic carbocycles. The first-order valence-electron chi connectivity index (χ1n) is 7.07. The summed E-state index contributed by atoms with van der Waals surface area (Å²) in [4.78, 5) is 0. The summed E-state index contributed by atoms with van der Waals surface area (Å²) >= 11 is 0. The van der Waals surface area contributed by atoms with E-state index >= 15 is 0 Å². The molecule has 4 heteroatoms. The van der Waals surface area contributed by atoms with Gasteiger partial charge in [-0.1, -0.05) is 20.8 Å². The van der Waals surface area contributed by atoms with E-state index in [1.807, 2.05) is 18.2 Å². The molecule has 0 aliphatic heterocycles. The molecule has 0 spiro atoms. The lowest BCUT2D eigenvalue weighted by Gasteiger charge is -2.31. The summed E-state index contributed by atoms with van der Waals surface area (Å²) in [6.45, 7) is 7.28. The second-order valence-electron chi connectivity index (χ2n) is 5.09. The minimum Gasteiger partial charge on any atom is -0.497 e. The van der Waals surface area contributed by atoms with Gasteiger partial charge in [-0.15, -0.1) is 0 Å². The Balaban J connectivity index is 3.19. The summed E-state index contributed by atoms with van der Waals surface area (Å²) in [5.74, 6) is 2.01. The molecule has 4 nitrogen and oxygen atoms in total. The largest absolute Gasteiger partial charge is 0.497 e. The molecule has 0 heterocycles. The maximum atomic E-state index is 5.69. The molecule has 2 unspecified atom stereocenters. The van der Waals surface area contributed by atoms with Gasteiger partial charge < -0.3 is 19.5 Å². The van der Waals surface area contributed by atoms with Gasteiger partial charge in [0.15, 0.2) is 0 Å². The molecular formula is C16H27NO3. The zero-order chi connectivity index (χ0) is 15.1. The van der Waals surface area contributed by atoms with E-state index in [0.29, 0.717) is 5.92 Å². The Labute approximate surface area is 122 Å². The number of hydrogen-bond donors (Lipinski definition) is 1. The van der Waals surface area contributed by atoms with Gasteiger partial charge in [0.25, 0.3) is 0 Å². The quantitative estimate of drug-likeness (QED) is 0.795. The summed E-state index contributed by atoms with van der Waals surface area (Å²) in [7, 11) is 5.09. The van der Waals surface area contributed by atoms with Crippen molar-refractivity contribution in [1.82, 2.24) is 5.32 Å². The Morgan fingerprint density at radius 3 is 2.25 bits per heavy atom. The van der Waals surface area contributed by atoms with Gasteiger partial charge in [-0.3, -0.25) is 0 Å². The van der Waals surface area contributed by atoms with E-state index in [-0.39, 0.29) is 12.1 Å². The van der Waals surface area contributed by atoms with Crippen molar-refractivity contribution in [2.24, 2.45) is 5.92 Å². The van der Waals surface area contributed by atoms with E-state index in [1.54, 1.807) is 21.3 Å². The van der Waals surface area contributed by atoms with Gasteiger partial charge in [0, 0.05) is 18.7 Å². The van der Waals surface area contributed by atoms with Gasteiger partial charge in [0.05, 0.1) is 26.4 Å². The molecule has 2 atom stereocenters. The zero-order valence-corrected chi connectivity index (χ0v) is 13.4. The molecule has 20 heavy (non-hydrogen) atoms. The third kappa shape index (κ3) is 3.87. The normalized spacial score (nSPS) is 14.2. The predicted octanol–water partition coefficient (Wildman–Crippen LogP) is 3.03. The SMILES string of the molecule is CCNC(c1ccc(OC)cc1OC)C(OC)C(C)C. The number of ether oxygens (including phenoxy) is 3. The smallest absolute Gasteiger partial charge is 0.127 e. The number of rotatable bonds is 8. The Kier molecular flexibility index (Phi) is 6.82.